The van der Waals surface area contributed by atoms with Crippen LogP contribution in [-0.4, -0.2) is 16.0 Å². The van der Waals surface area contributed by atoms with Crippen molar-refractivity contribution in [3.8, 4) is 0 Å². The second-order valence-corrected chi connectivity index (χ2v) is 8.62. The van der Waals surface area contributed by atoms with E-state index in [9.17, 15) is 4.79 Å². The van der Waals surface area contributed by atoms with E-state index in [0.717, 1.165) is 17.7 Å². The molecule has 1 aromatic rings. The Balaban J connectivity index is 1.80. The quantitative estimate of drug-likeness (QED) is 0.791. The molecule has 1 saturated carbocycles. The van der Waals surface area contributed by atoms with Gasteiger partial charge in [0.2, 0.25) is 5.91 Å². The molecule has 1 aliphatic carbocycles. The van der Waals surface area contributed by atoms with Crippen molar-refractivity contribution in [3.63, 3.8) is 0 Å². The fourth-order valence-electron chi connectivity index (χ4n) is 2.48. The second-order valence-electron chi connectivity index (χ2n) is 5.56. The predicted octanol–water partition coefficient (Wildman–Crippen LogP) is 4.58. The predicted molar refractivity (Wildman–Crippen MR) is 84.8 cm³/mol. The molecular weight excluding hydrogens is 337 g/mol. The Morgan fingerprint density at radius 3 is 2.80 bits per heavy atom. The highest BCUT2D eigenvalue weighted by atomic mass is 35.5. The number of thioether (sulfide) groups is 1. The number of fused-ring (bicyclic) bond motifs is 1. The highest BCUT2D eigenvalue weighted by molar-refractivity contribution is 7.99. The van der Waals surface area contributed by atoms with Crippen molar-refractivity contribution in [3.05, 3.63) is 28.8 Å². The molecule has 20 heavy (non-hydrogen) atoms. The van der Waals surface area contributed by atoms with Gasteiger partial charge >= 0.3 is 0 Å². The van der Waals surface area contributed by atoms with Gasteiger partial charge in [-0.25, -0.2) is 0 Å². The third kappa shape index (κ3) is 2.43. The number of carbonyl (C=O) groups excluding carboxylic acids is 1. The second kappa shape index (κ2) is 4.98. The highest BCUT2D eigenvalue weighted by Crippen LogP contribution is 2.64. The Morgan fingerprint density at radius 2 is 2.15 bits per heavy atom. The van der Waals surface area contributed by atoms with Crippen molar-refractivity contribution in [2.45, 2.75) is 35.0 Å². The normalized spacial score (nSPS) is 30.5. The van der Waals surface area contributed by atoms with Crippen molar-refractivity contribution >= 4 is 52.5 Å². The van der Waals surface area contributed by atoms with Crippen LogP contribution >= 0.6 is 46.6 Å². The maximum Gasteiger partial charge on any atom is 0.229 e. The molecule has 2 nitrogen and oxygen atoms in total. The van der Waals surface area contributed by atoms with E-state index >= 15 is 0 Å². The van der Waals surface area contributed by atoms with Gasteiger partial charge in [0.25, 0.3) is 0 Å². The molecule has 108 valence electrons. The molecule has 0 spiro atoms. The Hall–Kier alpha value is -0.0900. The van der Waals surface area contributed by atoms with E-state index in [-0.39, 0.29) is 11.9 Å². The first-order valence-corrected chi connectivity index (χ1v) is 8.56. The Kier molecular flexibility index (Phi) is 3.69. The number of carbonyl (C=O) groups is 1. The number of hydrogen-bond donors (Lipinski definition) is 1. The lowest BCUT2D eigenvalue weighted by molar-refractivity contribution is -0.126. The topological polar surface area (TPSA) is 29.1 Å². The summed E-state index contributed by atoms with van der Waals surface area (Å²) < 4.78 is -0.933. The van der Waals surface area contributed by atoms with Crippen molar-refractivity contribution < 1.29 is 4.79 Å². The fraction of sp³-hybridized carbons (Fsp3) is 0.500. The number of nitrogens with one attached hydrogen (secondary N) is 1. The van der Waals surface area contributed by atoms with Crippen LogP contribution in [0.2, 0.25) is 5.02 Å². The van der Waals surface area contributed by atoms with E-state index in [1.165, 1.54) is 4.90 Å². The lowest BCUT2D eigenvalue weighted by Gasteiger charge is -2.27. The third-order valence-electron chi connectivity index (χ3n) is 4.08. The molecule has 1 aromatic carbocycles. The summed E-state index contributed by atoms with van der Waals surface area (Å²) in [5.74, 6) is 0.897. The molecule has 3 rings (SSSR count). The molecule has 1 aliphatic heterocycles. The first kappa shape index (κ1) is 14.8. The van der Waals surface area contributed by atoms with Gasteiger partial charge in [0, 0.05) is 15.7 Å². The zero-order valence-corrected chi connectivity index (χ0v) is 14.0. The van der Waals surface area contributed by atoms with E-state index in [0.29, 0.717) is 11.4 Å². The monoisotopic (exact) mass is 349 g/mol. The van der Waals surface area contributed by atoms with Crippen molar-refractivity contribution in [1.29, 1.82) is 0 Å². The number of halogens is 3. The third-order valence-corrected chi connectivity index (χ3v) is 6.53. The van der Waals surface area contributed by atoms with E-state index in [4.69, 9.17) is 34.8 Å². The standard InChI is InChI=1S/C14H14Cl3NOS/c1-13(7-14(13,16)17)12(19)18-10-4-5-20-11-3-2-8(15)6-9(10)11/h2-3,6,10H,4-5,7H2,1H3,(H,18,19)/t10-,13+/m1/s1. The number of rotatable bonds is 2. The van der Waals surface area contributed by atoms with Crippen molar-refractivity contribution in [1.82, 2.24) is 5.32 Å². The van der Waals surface area contributed by atoms with Gasteiger partial charge in [-0.05, 0) is 43.5 Å². The minimum atomic E-state index is -0.933. The average Bonchev–Trinajstić information content (AvgIpc) is 2.91. The summed E-state index contributed by atoms with van der Waals surface area (Å²) >= 11 is 20.0. The molecule has 0 saturated heterocycles. The molecule has 0 aromatic heterocycles. The van der Waals surface area contributed by atoms with E-state index in [1.54, 1.807) is 18.7 Å². The van der Waals surface area contributed by atoms with E-state index < -0.39 is 9.75 Å². The Labute approximate surface area is 137 Å². The number of amides is 1. The molecule has 1 N–H and O–H groups in total. The maximum atomic E-state index is 12.4. The summed E-state index contributed by atoms with van der Waals surface area (Å²) in [4.78, 5) is 13.6. The molecule has 0 bridgehead atoms. The first-order chi connectivity index (χ1) is 9.33. The van der Waals surface area contributed by atoms with Crippen LogP contribution in [0, 0.1) is 5.41 Å². The minimum absolute atomic E-state index is 0.0148. The molecule has 0 radical (unpaired) electrons. The molecule has 1 fully saturated rings. The van der Waals surface area contributed by atoms with Gasteiger partial charge in [-0.3, -0.25) is 4.79 Å². The molecular formula is C14H14Cl3NOS. The largest absolute Gasteiger partial charge is 0.349 e. The summed E-state index contributed by atoms with van der Waals surface area (Å²) in [6.45, 7) is 1.80. The zero-order valence-electron chi connectivity index (χ0n) is 10.9. The van der Waals surface area contributed by atoms with Gasteiger partial charge in [-0.2, -0.15) is 0 Å². The van der Waals surface area contributed by atoms with Gasteiger partial charge in [-0.1, -0.05) is 11.6 Å². The van der Waals surface area contributed by atoms with Crippen LogP contribution in [0.3, 0.4) is 0 Å². The first-order valence-electron chi connectivity index (χ1n) is 6.44. The van der Waals surface area contributed by atoms with Gasteiger partial charge in [-0.15, -0.1) is 35.0 Å². The highest BCUT2D eigenvalue weighted by Gasteiger charge is 2.68. The van der Waals surface area contributed by atoms with Crippen LogP contribution in [-0.2, 0) is 4.79 Å². The van der Waals surface area contributed by atoms with Gasteiger partial charge in [0.15, 0.2) is 0 Å². The summed E-state index contributed by atoms with van der Waals surface area (Å²) in [6, 6.07) is 5.80. The molecule has 6 heteroatoms. The Bertz CT molecular complexity index is 578. The van der Waals surface area contributed by atoms with E-state index in [2.05, 4.69) is 5.32 Å². The van der Waals surface area contributed by atoms with Crippen LogP contribution in [0.25, 0.3) is 0 Å². The van der Waals surface area contributed by atoms with Crippen LogP contribution in [0.15, 0.2) is 23.1 Å². The van der Waals surface area contributed by atoms with Gasteiger partial charge < -0.3 is 5.32 Å². The summed E-state index contributed by atoms with van der Waals surface area (Å²) in [5.41, 5.74) is 0.403. The smallest absolute Gasteiger partial charge is 0.229 e. The van der Waals surface area contributed by atoms with E-state index in [1.807, 2.05) is 18.2 Å². The Morgan fingerprint density at radius 1 is 1.45 bits per heavy atom. The number of hydrogen-bond acceptors (Lipinski definition) is 2. The molecule has 2 atom stereocenters. The molecule has 2 aliphatic rings. The van der Waals surface area contributed by atoms with Crippen LogP contribution < -0.4 is 5.32 Å². The van der Waals surface area contributed by atoms with Crippen LogP contribution in [0.1, 0.15) is 31.4 Å². The van der Waals surface area contributed by atoms with Gasteiger partial charge in [0.1, 0.15) is 4.33 Å². The molecule has 0 unspecified atom stereocenters. The van der Waals surface area contributed by atoms with Crippen LogP contribution in [0.5, 0.6) is 0 Å². The maximum absolute atomic E-state index is 12.4. The fourth-order valence-corrected chi connectivity index (χ4v) is 4.47. The SMILES string of the molecule is C[C@@]1(C(=O)N[C@@H]2CCSc3ccc(Cl)cc32)CC1(Cl)Cl. The summed E-state index contributed by atoms with van der Waals surface area (Å²) in [6.07, 6.45) is 1.39. The van der Waals surface area contributed by atoms with Crippen molar-refractivity contribution in [2.24, 2.45) is 5.41 Å². The van der Waals surface area contributed by atoms with Gasteiger partial charge in [0.05, 0.1) is 11.5 Å². The van der Waals surface area contributed by atoms with Crippen LogP contribution in [0.4, 0.5) is 0 Å². The summed E-state index contributed by atoms with van der Waals surface area (Å²) in [7, 11) is 0. The molecule has 1 heterocycles. The zero-order chi connectivity index (χ0) is 14.5. The summed E-state index contributed by atoms with van der Waals surface area (Å²) in [5, 5.41) is 3.77. The van der Waals surface area contributed by atoms with Crippen molar-refractivity contribution in [2.75, 3.05) is 5.75 Å². The lowest BCUT2D eigenvalue weighted by atomic mass is 10.0. The molecule has 1 amide bonds. The average molecular weight is 351 g/mol. The lowest BCUT2D eigenvalue weighted by Crippen LogP contribution is -2.37. The number of benzene rings is 1. The minimum Gasteiger partial charge on any atom is -0.349 e. The number of alkyl halides is 2.